The van der Waals surface area contributed by atoms with Crippen molar-refractivity contribution in [3.63, 3.8) is 0 Å². The van der Waals surface area contributed by atoms with Crippen LogP contribution in [0.25, 0.3) is 0 Å². The van der Waals surface area contributed by atoms with Crippen LogP contribution in [0, 0.1) is 0 Å². The summed E-state index contributed by atoms with van der Waals surface area (Å²) >= 11 is 8.12. The van der Waals surface area contributed by atoms with Crippen LogP contribution < -0.4 is 0 Å². The van der Waals surface area contributed by atoms with E-state index in [1.54, 1.807) is 0 Å². The van der Waals surface area contributed by atoms with Crippen molar-refractivity contribution < 1.29 is 4.79 Å². The van der Waals surface area contributed by atoms with Crippen LogP contribution in [0.4, 0.5) is 0 Å². The van der Waals surface area contributed by atoms with Gasteiger partial charge in [-0.2, -0.15) is 0 Å². The van der Waals surface area contributed by atoms with E-state index in [0.717, 1.165) is 42.3 Å². The van der Waals surface area contributed by atoms with Gasteiger partial charge in [-0.3, -0.25) is 4.79 Å². The monoisotopic (exact) mass is 359 g/mol. The van der Waals surface area contributed by atoms with Gasteiger partial charge in [-0.15, -0.1) is 11.8 Å². The number of hydrogen-bond acceptors (Lipinski definition) is 2. The Balaban J connectivity index is 1.58. The van der Waals surface area contributed by atoms with Gasteiger partial charge in [0.05, 0.1) is 0 Å². The average Bonchev–Trinajstić information content (AvgIpc) is 3.14. The Labute approximate surface area is 153 Å². The van der Waals surface area contributed by atoms with E-state index in [1.807, 2.05) is 47.0 Å². The van der Waals surface area contributed by atoms with Gasteiger partial charge in [-0.25, -0.2) is 0 Å². The molecule has 0 saturated carbocycles. The predicted molar refractivity (Wildman–Crippen MR) is 103 cm³/mol. The number of likely N-dealkylation sites (tertiary alicyclic amines) is 1. The molecule has 1 aliphatic rings. The lowest BCUT2D eigenvalue weighted by Crippen LogP contribution is -2.27. The van der Waals surface area contributed by atoms with Crippen molar-refractivity contribution in [3.8, 4) is 0 Å². The number of carbonyl (C=O) groups excluding carboxylic acids is 1. The minimum absolute atomic E-state index is 0.163. The largest absolute Gasteiger partial charge is 0.339 e. The molecule has 1 unspecified atom stereocenters. The number of halogens is 1. The third-order valence-corrected chi connectivity index (χ3v) is 6.04. The Bertz CT molecular complexity index is 695. The summed E-state index contributed by atoms with van der Waals surface area (Å²) in [4.78, 5) is 14.3. The van der Waals surface area contributed by atoms with Gasteiger partial charge in [-0.1, -0.05) is 41.9 Å². The number of carbonyl (C=O) groups is 1. The third-order valence-electron chi connectivity index (χ3n) is 4.44. The van der Waals surface area contributed by atoms with Crippen LogP contribution in [0.2, 0.25) is 5.02 Å². The smallest absolute Gasteiger partial charge is 0.253 e. The second-order valence-corrected chi connectivity index (χ2v) is 7.91. The molecule has 1 heterocycles. The van der Waals surface area contributed by atoms with E-state index in [9.17, 15) is 4.79 Å². The number of benzene rings is 2. The topological polar surface area (TPSA) is 20.3 Å². The molecule has 0 N–H and O–H groups in total. The summed E-state index contributed by atoms with van der Waals surface area (Å²) in [5.74, 6) is 1.07. The van der Waals surface area contributed by atoms with Crippen molar-refractivity contribution in [2.75, 3.05) is 13.1 Å². The molecule has 3 rings (SSSR count). The standard InChI is InChI=1S/C20H22ClNOS/c1-15(18-6-2-3-7-19(18)21)24-14-16-8-10-17(11-9-16)20(23)22-12-4-5-13-22/h2-3,6-11,15H,4-5,12-14H2,1H3. The summed E-state index contributed by atoms with van der Waals surface area (Å²) in [6.07, 6.45) is 2.25. The molecule has 0 bridgehead atoms. The molecule has 2 nitrogen and oxygen atoms in total. The first-order valence-corrected chi connectivity index (χ1v) is 9.82. The Hall–Kier alpha value is -1.45. The van der Waals surface area contributed by atoms with Gasteiger partial charge in [0.1, 0.15) is 0 Å². The maximum atomic E-state index is 12.4. The fourth-order valence-electron chi connectivity index (χ4n) is 2.96. The minimum atomic E-state index is 0.163. The lowest BCUT2D eigenvalue weighted by atomic mass is 10.1. The van der Waals surface area contributed by atoms with E-state index in [0.29, 0.717) is 5.25 Å². The van der Waals surface area contributed by atoms with Gasteiger partial charge in [0.2, 0.25) is 0 Å². The minimum Gasteiger partial charge on any atom is -0.339 e. The molecule has 0 radical (unpaired) electrons. The highest BCUT2D eigenvalue weighted by atomic mass is 35.5. The molecule has 0 aliphatic carbocycles. The summed E-state index contributed by atoms with van der Waals surface area (Å²) in [5, 5.41) is 1.16. The first kappa shape index (κ1) is 17.4. The number of nitrogens with zero attached hydrogens (tertiary/aromatic N) is 1. The van der Waals surface area contributed by atoms with Crippen LogP contribution in [0.3, 0.4) is 0 Å². The van der Waals surface area contributed by atoms with Crippen molar-refractivity contribution >= 4 is 29.3 Å². The van der Waals surface area contributed by atoms with Gasteiger partial charge in [-0.05, 0) is 49.1 Å². The van der Waals surface area contributed by atoms with Crippen LogP contribution >= 0.6 is 23.4 Å². The molecular weight excluding hydrogens is 338 g/mol. The zero-order valence-corrected chi connectivity index (χ0v) is 15.4. The van der Waals surface area contributed by atoms with Crippen molar-refractivity contribution in [2.45, 2.75) is 30.8 Å². The number of thioether (sulfide) groups is 1. The Morgan fingerprint density at radius 3 is 2.46 bits per heavy atom. The summed E-state index contributed by atoms with van der Waals surface area (Å²) in [7, 11) is 0. The number of hydrogen-bond donors (Lipinski definition) is 0. The predicted octanol–water partition coefficient (Wildman–Crippen LogP) is 5.57. The normalized spacial score (nSPS) is 15.5. The average molecular weight is 360 g/mol. The zero-order chi connectivity index (χ0) is 16.9. The molecule has 1 amide bonds. The van der Waals surface area contributed by atoms with Crippen LogP contribution in [0.15, 0.2) is 48.5 Å². The van der Waals surface area contributed by atoms with Crippen LogP contribution in [-0.2, 0) is 5.75 Å². The van der Waals surface area contributed by atoms with Gasteiger partial charge < -0.3 is 4.90 Å². The molecule has 126 valence electrons. The van der Waals surface area contributed by atoms with Crippen molar-refractivity contribution in [2.24, 2.45) is 0 Å². The van der Waals surface area contributed by atoms with Crippen LogP contribution in [0.5, 0.6) is 0 Å². The molecule has 0 aromatic heterocycles. The van der Waals surface area contributed by atoms with E-state index in [1.165, 1.54) is 11.1 Å². The Kier molecular flexibility index (Phi) is 5.85. The fourth-order valence-corrected chi connectivity index (χ4v) is 4.35. The van der Waals surface area contributed by atoms with Gasteiger partial charge in [0.25, 0.3) is 5.91 Å². The second kappa shape index (κ2) is 8.09. The van der Waals surface area contributed by atoms with Crippen molar-refractivity contribution in [3.05, 3.63) is 70.2 Å². The molecule has 2 aromatic carbocycles. The number of rotatable bonds is 5. The lowest BCUT2D eigenvalue weighted by Gasteiger charge is -2.16. The molecule has 24 heavy (non-hydrogen) atoms. The summed E-state index contributed by atoms with van der Waals surface area (Å²) in [6, 6.07) is 16.0. The molecule has 0 spiro atoms. The maximum Gasteiger partial charge on any atom is 0.253 e. The first-order valence-electron chi connectivity index (χ1n) is 8.39. The van der Waals surface area contributed by atoms with Gasteiger partial charge in [0, 0.05) is 34.7 Å². The SMILES string of the molecule is CC(SCc1ccc(C(=O)N2CCCC2)cc1)c1ccccc1Cl. The van der Waals surface area contributed by atoms with E-state index >= 15 is 0 Å². The second-order valence-electron chi connectivity index (χ2n) is 6.17. The van der Waals surface area contributed by atoms with Crippen molar-refractivity contribution in [1.82, 2.24) is 4.90 Å². The summed E-state index contributed by atoms with van der Waals surface area (Å²) in [6.45, 7) is 3.97. The van der Waals surface area contributed by atoms with E-state index < -0.39 is 0 Å². The molecular formula is C20H22ClNOS. The molecule has 4 heteroatoms. The van der Waals surface area contributed by atoms with E-state index in [-0.39, 0.29) is 5.91 Å². The zero-order valence-electron chi connectivity index (χ0n) is 13.9. The lowest BCUT2D eigenvalue weighted by molar-refractivity contribution is 0.0793. The quantitative estimate of drug-likeness (QED) is 0.695. The molecule has 1 fully saturated rings. The maximum absolute atomic E-state index is 12.4. The number of amides is 1. The summed E-state index contributed by atoms with van der Waals surface area (Å²) in [5.41, 5.74) is 3.20. The van der Waals surface area contributed by atoms with E-state index in [4.69, 9.17) is 11.6 Å². The van der Waals surface area contributed by atoms with Crippen LogP contribution in [-0.4, -0.2) is 23.9 Å². The highest BCUT2D eigenvalue weighted by molar-refractivity contribution is 7.98. The first-order chi connectivity index (χ1) is 11.6. The summed E-state index contributed by atoms with van der Waals surface area (Å²) < 4.78 is 0. The third kappa shape index (κ3) is 4.14. The highest BCUT2D eigenvalue weighted by Gasteiger charge is 2.19. The van der Waals surface area contributed by atoms with Crippen molar-refractivity contribution in [1.29, 1.82) is 0 Å². The van der Waals surface area contributed by atoms with Crippen LogP contribution in [0.1, 0.15) is 46.5 Å². The van der Waals surface area contributed by atoms with E-state index in [2.05, 4.69) is 25.1 Å². The Morgan fingerprint density at radius 2 is 1.79 bits per heavy atom. The fraction of sp³-hybridized carbons (Fsp3) is 0.350. The molecule has 1 atom stereocenters. The Morgan fingerprint density at radius 1 is 1.12 bits per heavy atom. The molecule has 1 saturated heterocycles. The van der Waals surface area contributed by atoms with Gasteiger partial charge >= 0.3 is 0 Å². The van der Waals surface area contributed by atoms with Gasteiger partial charge in [0.15, 0.2) is 0 Å². The molecule has 1 aliphatic heterocycles. The highest BCUT2D eigenvalue weighted by Crippen LogP contribution is 2.34. The molecule has 2 aromatic rings.